The maximum atomic E-state index is 9.92. The zero-order valence-corrected chi connectivity index (χ0v) is 10.8. The SMILES string of the molecule is [N-]=[N+]=NCCC(O)C(O)c1ccc(N)c(Cl)c1Cl. The first-order valence-electron chi connectivity index (χ1n) is 5.09. The molecule has 0 bridgehead atoms. The van der Waals surface area contributed by atoms with Crippen molar-refractivity contribution >= 4 is 28.9 Å². The fourth-order valence-electron chi connectivity index (χ4n) is 1.41. The zero-order chi connectivity index (χ0) is 13.7. The molecule has 2 unspecified atom stereocenters. The summed E-state index contributed by atoms with van der Waals surface area (Å²) in [6.45, 7) is 0.0784. The maximum Gasteiger partial charge on any atom is 0.106 e. The highest BCUT2D eigenvalue weighted by Gasteiger charge is 2.22. The van der Waals surface area contributed by atoms with E-state index >= 15 is 0 Å². The van der Waals surface area contributed by atoms with Crippen LogP contribution in [0.4, 0.5) is 5.69 Å². The van der Waals surface area contributed by atoms with Crippen LogP contribution in [0, 0.1) is 0 Å². The van der Waals surface area contributed by atoms with E-state index in [-0.39, 0.29) is 28.6 Å². The molecule has 6 nitrogen and oxygen atoms in total. The van der Waals surface area contributed by atoms with Crippen LogP contribution >= 0.6 is 23.2 Å². The Morgan fingerprint density at radius 2 is 2.00 bits per heavy atom. The van der Waals surface area contributed by atoms with Crippen LogP contribution in [0.1, 0.15) is 18.1 Å². The smallest absolute Gasteiger partial charge is 0.106 e. The van der Waals surface area contributed by atoms with Crippen molar-refractivity contribution in [1.82, 2.24) is 0 Å². The number of nitrogens with zero attached hydrogens (tertiary/aromatic N) is 3. The fraction of sp³-hybridized carbons (Fsp3) is 0.400. The molecular formula is C10H12Cl2N4O2. The molecule has 0 aliphatic rings. The minimum absolute atomic E-state index is 0.0784. The van der Waals surface area contributed by atoms with E-state index in [1.165, 1.54) is 12.1 Å². The van der Waals surface area contributed by atoms with E-state index in [4.69, 9.17) is 34.5 Å². The van der Waals surface area contributed by atoms with Gasteiger partial charge in [-0.25, -0.2) is 0 Å². The van der Waals surface area contributed by atoms with Crippen molar-refractivity contribution in [2.75, 3.05) is 12.3 Å². The molecule has 1 aromatic rings. The summed E-state index contributed by atoms with van der Waals surface area (Å²) in [5, 5.41) is 23.1. The minimum Gasteiger partial charge on any atom is -0.397 e. The Labute approximate surface area is 114 Å². The van der Waals surface area contributed by atoms with Crippen molar-refractivity contribution in [3.63, 3.8) is 0 Å². The molecular weight excluding hydrogens is 279 g/mol. The summed E-state index contributed by atoms with van der Waals surface area (Å²) in [6, 6.07) is 2.98. The summed E-state index contributed by atoms with van der Waals surface area (Å²) in [5.74, 6) is 0. The molecule has 18 heavy (non-hydrogen) atoms. The molecule has 0 aromatic heterocycles. The Morgan fingerprint density at radius 1 is 1.33 bits per heavy atom. The fourth-order valence-corrected chi connectivity index (χ4v) is 1.86. The van der Waals surface area contributed by atoms with Crippen LogP contribution in [0.2, 0.25) is 10.0 Å². The third-order valence-electron chi connectivity index (χ3n) is 2.41. The summed E-state index contributed by atoms with van der Waals surface area (Å²) < 4.78 is 0. The molecule has 0 amide bonds. The van der Waals surface area contributed by atoms with Crippen LogP contribution in [-0.4, -0.2) is 22.9 Å². The summed E-state index contributed by atoms with van der Waals surface area (Å²) in [6.07, 6.45) is -2.21. The van der Waals surface area contributed by atoms with Crippen molar-refractivity contribution < 1.29 is 10.2 Å². The molecule has 0 heterocycles. The minimum atomic E-state index is -1.22. The van der Waals surface area contributed by atoms with Crippen LogP contribution in [0.5, 0.6) is 0 Å². The molecule has 2 atom stereocenters. The van der Waals surface area contributed by atoms with E-state index in [1.807, 2.05) is 0 Å². The highest BCUT2D eigenvalue weighted by molar-refractivity contribution is 6.44. The first kappa shape index (κ1) is 14.9. The summed E-state index contributed by atoms with van der Waals surface area (Å²) in [7, 11) is 0. The normalized spacial score (nSPS) is 13.8. The second kappa shape index (κ2) is 6.68. The maximum absolute atomic E-state index is 9.92. The van der Waals surface area contributed by atoms with E-state index in [0.717, 1.165) is 0 Å². The standard InChI is InChI=1S/C10H12Cl2N4O2/c11-8-5(1-2-6(13)9(8)12)10(18)7(17)3-4-15-16-14/h1-2,7,10,17-18H,3-4,13H2. The molecule has 0 saturated heterocycles. The van der Waals surface area contributed by atoms with Gasteiger partial charge >= 0.3 is 0 Å². The van der Waals surface area contributed by atoms with Gasteiger partial charge in [0.1, 0.15) is 6.10 Å². The van der Waals surface area contributed by atoms with Crippen molar-refractivity contribution in [1.29, 1.82) is 0 Å². The predicted octanol–water partition coefficient (Wildman–Crippen LogP) is 2.67. The Bertz CT molecular complexity index is 477. The van der Waals surface area contributed by atoms with Gasteiger partial charge in [0.15, 0.2) is 0 Å². The van der Waals surface area contributed by atoms with Gasteiger partial charge in [-0.1, -0.05) is 34.4 Å². The number of hydrogen-bond acceptors (Lipinski definition) is 4. The van der Waals surface area contributed by atoms with E-state index in [9.17, 15) is 10.2 Å². The number of benzene rings is 1. The van der Waals surface area contributed by atoms with Crippen LogP contribution < -0.4 is 5.73 Å². The number of hydrogen-bond donors (Lipinski definition) is 3. The lowest BCUT2D eigenvalue weighted by atomic mass is 10.0. The monoisotopic (exact) mass is 290 g/mol. The van der Waals surface area contributed by atoms with Crippen LogP contribution in [0.3, 0.4) is 0 Å². The first-order valence-corrected chi connectivity index (χ1v) is 5.85. The quantitative estimate of drug-likeness (QED) is 0.335. The van der Waals surface area contributed by atoms with Gasteiger partial charge in [0.25, 0.3) is 0 Å². The molecule has 0 fully saturated rings. The van der Waals surface area contributed by atoms with Gasteiger partial charge in [-0.05, 0) is 18.0 Å². The topological polar surface area (TPSA) is 115 Å². The lowest BCUT2D eigenvalue weighted by molar-refractivity contribution is 0.0151. The van der Waals surface area contributed by atoms with E-state index < -0.39 is 12.2 Å². The number of rotatable bonds is 5. The second-order valence-corrected chi connectivity index (χ2v) is 4.38. The third-order valence-corrected chi connectivity index (χ3v) is 3.32. The average Bonchev–Trinajstić information content (AvgIpc) is 2.35. The molecule has 0 aliphatic carbocycles. The molecule has 1 rings (SSSR count). The molecule has 0 spiro atoms. The van der Waals surface area contributed by atoms with Crippen molar-refractivity contribution in [2.45, 2.75) is 18.6 Å². The van der Waals surface area contributed by atoms with Crippen LogP contribution in [0.15, 0.2) is 17.2 Å². The van der Waals surface area contributed by atoms with Crippen molar-refractivity contribution in [3.8, 4) is 0 Å². The van der Waals surface area contributed by atoms with Crippen LogP contribution in [0.25, 0.3) is 10.4 Å². The van der Waals surface area contributed by atoms with Gasteiger partial charge in [-0.3, -0.25) is 0 Å². The molecule has 0 aliphatic heterocycles. The van der Waals surface area contributed by atoms with E-state index in [0.29, 0.717) is 5.69 Å². The first-order chi connectivity index (χ1) is 8.49. The Balaban J connectivity index is 2.86. The number of anilines is 1. The molecule has 8 heteroatoms. The third kappa shape index (κ3) is 3.41. The molecule has 0 saturated carbocycles. The van der Waals surface area contributed by atoms with Gasteiger partial charge in [-0.2, -0.15) is 0 Å². The van der Waals surface area contributed by atoms with Gasteiger partial charge in [-0.15, -0.1) is 0 Å². The Kier molecular flexibility index (Phi) is 5.53. The van der Waals surface area contributed by atoms with Gasteiger partial charge in [0, 0.05) is 17.0 Å². The lowest BCUT2D eigenvalue weighted by Crippen LogP contribution is -2.19. The summed E-state index contributed by atoms with van der Waals surface area (Å²) in [5.41, 5.74) is 14.2. The van der Waals surface area contributed by atoms with Gasteiger partial charge < -0.3 is 15.9 Å². The Morgan fingerprint density at radius 3 is 2.61 bits per heavy atom. The van der Waals surface area contributed by atoms with E-state index in [2.05, 4.69) is 10.0 Å². The molecule has 4 N–H and O–H groups in total. The Hall–Kier alpha value is -1.17. The highest BCUT2D eigenvalue weighted by atomic mass is 35.5. The lowest BCUT2D eigenvalue weighted by Gasteiger charge is -2.19. The highest BCUT2D eigenvalue weighted by Crippen LogP contribution is 2.35. The number of azide groups is 1. The second-order valence-electron chi connectivity index (χ2n) is 3.63. The molecule has 98 valence electrons. The number of nitrogens with two attached hydrogens (primary N) is 1. The van der Waals surface area contributed by atoms with Gasteiger partial charge in [0.05, 0.1) is 21.8 Å². The largest absolute Gasteiger partial charge is 0.397 e. The van der Waals surface area contributed by atoms with Gasteiger partial charge in [0.2, 0.25) is 0 Å². The van der Waals surface area contributed by atoms with E-state index in [1.54, 1.807) is 0 Å². The average molecular weight is 291 g/mol. The number of aliphatic hydroxyl groups excluding tert-OH is 2. The predicted molar refractivity (Wildman–Crippen MR) is 70.5 cm³/mol. The zero-order valence-electron chi connectivity index (χ0n) is 9.29. The molecule has 1 aromatic carbocycles. The summed E-state index contributed by atoms with van der Waals surface area (Å²) >= 11 is 11.8. The number of halogens is 2. The number of aliphatic hydroxyl groups is 2. The van der Waals surface area contributed by atoms with Crippen molar-refractivity contribution in [2.24, 2.45) is 5.11 Å². The van der Waals surface area contributed by atoms with Crippen molar-refractivity contribution in [3.05, 3.63) is 38.2 Å². The number of nitrogen functional groups attached to an aromatic ring is 1. The summed E-state index contributed by atoms with van der Waals surface area (Å²) in [4.78, 5) is 2.55. The van der Waals surface area contributed by atoms with Crippen LogP contribution in [-0.2, 0) is 0 Å². The molecule has 0 radical (unpaired) electrons.